The van der Waals surface area contributed by atoms with Crippen molar-refractivity contribution >= 4 is 33.2 Å². The first-order valence-electron chi connectivity index (χ1n) is 6.93. The van der Waals surface area contributed by atoms with E-state index in [1.54, 1.807) is 11.3 Å². The van der Waals surface area contributed by atoms with E-state index >= 15 is 0 Å². The summed E-state index contributed by atoms with van der Waals surface area (Å²) in [5.41, 5.74) is 0. The van der Waals surface area contributed by atoms with Crippen molar-refractivity contribution in [3.8, 4) is 0 Å². The van der Waals surface area contributed by atoms with Crippen molar-refractivity contribution in [3.05, 3.63) is 20.8 Å². The Morgan fingerprint density at radius 2 is 2.05 bits per heavy atom. The maximum absolute atomic E-state index is 11.9. The van der Waals surface area contributed by atoms with E-state index in [1.807, 2.05) is 4.90 Å². The van der Waals surface area contributed by atoms with Gasteiger partial charge in [0.25, 0.3) is 0 Å². The second-order valence-corrected chi connectivity index (χ2v) is 7.51. The zero-order valence-electron chi connectivity index (χ0n) is 11.4. The molecule has 1 fully saturated rings. The molecule has 0 N–H and O–H groups in total. The van der Waals surface area contributed by atoms with Crippen molar-refractivity contribution < 1.29 is 4.79 Å². The molecule has 19 heavy (non-hydrogen) atoms. The van der Waals surface area contributed by atoms with E-state index in [0.717, 1.165) is 45.6 Å². The Bertz CT molecular complexity index is 413. The van der Waals surface area contributed by atoms with Gasteiger partial charge in [0.1, 0.15) is 0 Å². The molecule has 0 saturated carbocycles. The fraction of sp³-hybridized carbons (Fsp3) is 0.643. The normalized spacial score (nSPS) is 16.8. The molecule has 0 bridgehead atoms. The molecule has 3 nitrogen and oxygen atoms in total. The minimum Gasteiger partial charge on any atom is -0.340 e. The number of rotatable bonds is 5. The van der Waals surface area contributed by atoms with Gasteiger partial charge in [0, 0.05) is 44.0 Å². The summed E-state index contributed by atoms with van der Waals surface area (Å²) in [7, 11) is 0. The molecule has 5 heteroatoms. The maximum Gasteiger partial charge on any atom is 0.222 e. The number of carbonyl (C=O) groups is 1. The van der Waals surface area contributed by atoms with Crippen LogP contribution in [0.2, 0.25) is 0 Å². The van der Waals surface area contributed by atoms with Crippen LogP contribution in [-0.2, 0) is 11.3 Å². The van der Waals surface area contributed by atoms with Crippen molar-refractivity contribution in [2.45, 2.75) is 32.7 Å². The fourth-order valence-corrected chi connectivity index (χ4v) is 3.82. The molecule has 0 aromatic carbocycles. The minimum absolute atomic E-state index is 0.334. The Balaban J connectivity index is 1.74. The molecule has 0 atom stereocenters. The summed E-state index contributed by atoms with van der Waals surface area (Å²) >= 11 is 5.29. The molecule has 2 rings (SSSR count). The average Bonchev–Trinajstić information content (AvgIpc) is 2.82. The number of hydrogen-bond donors (Lipinski definition) is 0. The highest BCUT2D eigenvalue weighted by Gasteiger charge is 2.20. The number of piperazine rings is 1. The molecule has 1 amide bonds. The molecule has 0 aliphatic carbocycles. The van der Waals surface area contributed by atoms with Crippen LogP contribution in [0.3, 0.4) is 0 Å². The summed E-state index contributed by atoms with van der Waals surface area (Å²) in [5.74, 6) is 0.334. The second-order valence-electron chi connectivity index (χ2n) is 4.97. The lowest BCUT2D eigenvalue weighted by Gasteiger charge is -2.34. The highest BCUT2D eigenvalue weighted by Crippen LogP contribution is 2.23. The third-order valence-electron chi connectivity index (χ3n) is 3.48. The zero-order chi connectivity index (χ0) is 13.7. The van der Waals surface area contributed by atoms with E-state index in [-0.39, 0.29) is 0 Å². The maximum atomic E-state index is 11.9. The van der Waals surface area contributed by atoms with E-state index in [9.17, 15) is 4.79 Å². The first-order valence-corrected chi connectivity index (χ1v) is 8.54. The molecule has 1 aliphatic rings. The van der Waals surface area contributed by atoms with E-state index in [2.05, 4.69) is 39.9 Å². The second kappa shape index (κ2) is 7.41. The standard InChI is InChI=1S/C14H21BrN2OS/c1-2-3-4-14(18)17-9-7-16(8-10-17)11-12-5-6-13(15)19-12/h5-6H,2-4,7-11H2,1H3. The zero-order valence-corrected chi connectivity index (χ0v) is 13.8. The van der Waals surface area contributed by atoms with Gasteiger partial charge in [-0.25, -0.2) is 0 Å². The summed E-state index contributed by atoms with van der Waals surface area (Å²) in [5, 5.41) is 0. The van der Waals surface area contributed by atoms with Crippen molar-refractivity contribution in [1.82, 2.24) is 9.80 Å². The van der Waals surface area contributed by atoms with Gasteiger partial charge in [0.15, 0.2) is 0 Å². The largest absolute Gasteiger partial charge is 0.340 e. The Labute approximate surface area is 127 Å². The van der Waals surface area contributed by atoms with Crippen LogP contribution >= 0.6 is 27.3 Å². The Kier molecular flexibility index (Phi) is 5.85. The SMILES string of the molecule is CCCCC(=O)N1CCN(Cc2ccc(Br)s2)CC1. The van der Waals surface area contributed by atoms with Crippen molar-refractivity contribution in [2.24, 2.45) is 0 Å². The summed E-state index contributed by atoms with van der Waals surface area (Å²) in [6.07, 6.45) is 2.83. The Morgan fingerprint density at radius 1 is 1.32 bits per heavy atom. The number of amides is 1. The predicted molar refractivity (Wildman–Crippen MR) is 83.4 cm³/mol. The number of thiophene rings is 1. The van der Waals surface area contributed by atoms with Gasteiger partial charge in [-0.2, -0.15) is 0 Å². The number of unbranched alkanes of at least 4 members (excludes halogenated alkanes) is 1. The molecular formula is C14H21BrN2OS. The summed E-state index contributed by atoms with van der Waals surface area (Å²) in [6, 6.07) is 4.28. The van der Waals surface area contributed by atoms with Gasteiger partial charge < -0.3 is 4.90 Å². The van der Waals surface area contributed by atoms with Gasteiger partial charge in [-0.05, 0) is 34.5 Å². The molecule has 1 aromatic rings. The van der Waals surface area contributed by atoms with Crippen molar-refractivity contribution in [3.63, 3.8) is 0 Å². The van der Waals surface area contributed by atoms with E-state index in [0.29, 0.717) is 12.3 Å². The molecule has 1 aliphatic heterocycles. The van der Waals surface area contributed by atoms with Gasteiger partial charge in [-0.1, -0.05) is 13.3 Å². The van der Waals surface area contributed by atoms with Gasteiger partial charge in [0.2, 0.25) is 5.91 Å². The molecule has 1 aromatic heterocycles. The topological polar surface area (TPSA) is 23.6 Å². The lowest BCUT2D eigenvalue weighted by Crippen LogP contribution is -2.48. The van der Waals surface area contributed by atoms with Crippen LogP contribution in [0.4, 0.5) is 0 Å². The number of hydrogen-bond acceptors (Lipinski definition) is 3. The van der Waals surface area contributed by atoms with E-state index in [1.165, 1.54) is 8.66 Å². The van der Waals surface area contributed by atoms with Crippen molar-refractivity contribution in [1.29, 1.82) is 0 Å². The minimum atomic E-state index is 0.334. The third kappa shape index (κ3) is 4.58. The number of halogens is 1. The molecule has 0 radical (unpaired) electrons. The monoisotopic (exact) mass is 344 g/mol. The average molecular weight is 345 g/mol. The molecule has 2 heterocycles. The first kappa shape index (κ1) is 15.0. The van der Waals surface area contributed by atoms with Crippen LogP contribution in [-0.4, -0.2) is 41.9 Å². The highest BCUT2D eigenvalue weighted by atomic mass is 79.9. The lowest BCUT2D eigenvalue weighted by atomic mass is 10.2. The molecule has 106 valence electrons. The van der Waals surface area contributed by atoms with Gasteiger partial charge >= 0.3 is 0 Å². The van der Waals surface area contributed by atoms with Crippen LogP contribution in [0.1, 0.15) is 31.1 Å². The van der Waals surface area contributed by atoms with Crippen LogP contribution in [0.5, 0.6) is 0 Å². The quantitative estimate of drug-likeness (QED) is 0.817. The predicted octanol–water partition coefficient (Wildman–Crippen LogP) is 3.35. The molecule has 1 saturated heterocycles. The summed E-state index contributed by atoms with van der Waals surface area (Å²) in [6.45, 7) is 6.89. The molecule has 0 spiro atoms. The molecule has 0 unspecified atom stereocenters. The third-order valence-corrected chi connectivity index (χ3v) is 5.09. The van der Waals surface area contributed by atoms with Crippen molar-refractivity contribution in [2.75, 3.05) is 26.2 Å². The van der Waals surface area contributed by atoms with Gasteiger partial charge in [-0.15, -0.1) is 11.3 Å². The summed E-state index contributed by atoms with van der Waals surface area (Å²) in [4.78, 5) is 17.8. The van der Waals surface area contributed by atoms with Gasteiger partial charge in [-0.3, -0.25) is 9.69 Å². The molecular weight excluding hydrogens is 324 g/mol. The van der Waals surface area contributed by atoms with Crippen LogP contribution in [0.15, 0.2) is 15.9 Å². The Hall–Kier alpha value is -0.390. The highest BCUT2D eigenvalue weighted by molar-refractivity contribution is 9.11. The van der Waals surface area contributed by atoms with E-state index < -0.39 is 0 Å². The fourth-order valence-electron chi connectivity index (χ4n) is 2.30. The summed E-state index contributed by atoms with van der Waals surface area (Å²) < 4.78 is 1.19. The Morgan fingerprint density at radius 3 is 2.63 bits per heavy atom. The van der Waals surface area contributed by atoms with Crippen LogP contribution in [0, 0.1) is 0 Å². The number of nitrogens with zero attached hydrogens (tertiary/aromatic N) is 2. The smallest absolute Gasteiger partial charge is 0.222 e. The van der Waals surface area contributed by atoms with Crippen LogP contribution in [0.25, 0.3) is 0 Å². The van der Waals surface area contributed by atoms with Crippen LogP contribution < -0.4 is 0 Å². The van der Waals surface area contributed by atoms with E-state index in [4.69, 9.17) is 0 Å². The number of carbonyl (C=O) groups excluding carboxylic acids is 1. The first-order chi connectivity index (χ1) is 9.19. The van der Waals surface area contributed by atoms with Gasteiger partial charge in [0.05, 0.1) is 3.79 Å². The lowest BCUT2D eigenvalue weighted by molar-refractivity contribution is -0.133.